The van der Waals surface area contributed by atoms with Crippen LogP contribution in [0.15, 0.2) is 23.0 Å². The largest absolute Gasteiger partial charge is 0.337 e. The molecule has 1 aromatic heterocycles. The van der Waals surface area contributed by atoms with Crippen LogP contribution in [0.25, 0.3) is 11.0 Å². The number of rotatable bonds is 9. The lowest BCUT2D eigenvalue weighted by molar-refractivity contribution is 0.236. The Morgan fingerprint density at radius 3 is 2.44 bits per heavy atom. The highest BCUT2D eigenvalue weighted by Crippen LogP contribution is 2.21. The van der Waals surface area contributed by atoms with E-state index in [-0.39, 0.29) is 23.8 Å². The van der Waals surface area contributed by atoms with Crippen LogP contribution in [0.3, 0.4) is 0 Å². The molecule has 0 aliphatic carbocycles. The molecule has 150 valence electrons. The molecule has 2 aromatic rings. The first kappa shape index (κ1) is 21.5. The van der Waals surface area contributed by atoms with Gasteiger partial charge in [0.05, 0.1) is 11.0 Å². The number of hydrogen-bond acceptors (Lipinski definition) is 2. The molecular formula is C21H32ClN3O2. The van der Waals surface area contributed by atoms with E-state index in [1.165, 1.54) is 23.8 Å². The van der Waals surface area contributed by atoms with E-state index in [1.54, 1.807) is 22.8 Å². The van der Waals surface area contributed by atoms with Crippen molar-refractivity contribution in [2.24, 2.45) is 0 Å². The molecular weight excluding hydrogens is 362 g/mol. The summed E-state index contributed by atoms with van der Waals surface area (Å²) in [7, 11) is 0. The number of nitrogens with zero attached hydrogens (tertiary/aromatic N) is 2. The number of amides is 1. The van der Waals surface area contributed by atoms with Crippen LogP contribution in [0.4, 0.5) is 4.79 Å². The van der Waals surface area contributed by atoms with E-state index < -0.39 is 0 Å². The molecule has 0 bridgehead atoms. The number of nitrogens with one attached hydrogen (secondary N) is 1. The zero-order chi connectivity index (χ0) is 20.0. The lowest BCUT2D eigenvalue weighted by Crippen LogP contribution is -2.42. The second kappa shape index (κ2) is 9.98. The number of fused-ring (bicyclic) bond motifs is 1. The first-order chi connectivity index (χ1) is 12.9. The van der Waals surface area contributed by atoms with Gasteiger partial charge in [0, 0.05) is 17.1 Å². The number of carbonyl (C=O) groups excluding carboxylic acids is 1. The molecule has 1 aromatic carbocycles. The molecule has 27 heavy (non-hydrogen) atoms. The summed E-state index contributed by atoms with van der Waals surface area (Å²) in [4.78, 5) is 25.9. The van der Waals surface area contributed by atoms with E-state index in [9.17, 15) is 9.59 Å². The van der Waals surface area contributed by atoms with Gasteiger partial charge in [0.2, 0.25) is 0 Å². The van der Waals surface area contributed by atoms with E-state index in [0.717, 1.165) is 31.2 Å². The van der Waals surface area contributed by atoms with Gasteiger partial charge in [-0.1, -0.05) is 57.6 Å². The third-order valence-electron chi connectivity index (χ3n) is 4.93. The molecule has 1 amide bonds. The van der Waals surface area contributed by atoms with Gasteiger partial charge in [0.1, 0.15) is 0 Å². The second-order valence-corrected chi connectivity index (χ2v) is 7.94. The lowest BCUT2D eigenvalue weighted by atomic mass is 10.0. The van der Waals surface area contributed by atoms with Gasteiger partial charge in [-0.2, -0.15) is 0 Å². The molecule has 0 aliphatic rings. The monoisotopic (exact) mass is 393 g/mol. The summed E-state index contributed by atoms with van der Waals surface area (Å²) < 4.78 is 2.87. The number of hydrogen-bond donors (Lipinski definition) is 1. The third kappa shape index (κ3) is 5.16. The van der Waals surface area contributed by atoms with Crippen LogP contribution in [0.5, 0.6) is 0 Å². The van der Waals surface area contributed by atoms with Gasteiger partial charge >= 0.3 is 11.7 Å². The molecule has 5 nitrogen and oxygen atoms in total. The number of benzene rings is 1. The van der Waals surface area contributed by atoms with Crippen molar-refractivity contribution in [3.05, 3.63) is 33.7 Å². The Morgan fingerprint density at radius 2 is 1.81 bits per heavy atom. The van der Waals surface area contributed by atoms with Gasteiger partial charge in [0.25, 0.3) is 0 Å². The Balaban J connectivity index is 2.31. The summed E-state index contributed by atoms with van der Waals surface area (Å²) in [6, 6.07) is 4.92. The smallest absolute Gasteiger partial charge is 0.335 e. The van der Waals surface area contributed by atoms with Crippen molar-refractivity contribution in [1.82, 2.24) is 14.5 Å². The number of carbonyl (C=O) groups is 1. The Bertz CT molecular complexity index is 823. The molecule has 1 unspecified atom stereocenters. The van der Waals surface area contributed by atoms with Crippen LogP contribution in [-0.4, -0.2) is 21.2 Å². The van der Waals surface area contributed by atoms with Gasteiger partial charge in [-0.25, -0.2) is 14.2 Å². The van der Waals surface area contributed by atoms with Crippen LogP contribution in [-0.2, 0) is 0 Å². The first-order valence-electron chi connectivity index (χ1n) is 10.1. The van der Waals surface area contributed by atoms with Crippen molar-refractivity contribution < 1.29 is 4.79 Å². The van der Waals surface area contributed by atoms with Gasteiger partial charge in [-0.05, 0) is 44.9 Å². The first-order valence-corrected chi connectivity index (χ1v) is 10.5. The molecule has 0 saturated carbocycles. The number of aromatic nitrogens is 2. The summed E-state index contributed by atoms with van der Waals surface area (Å²) in [6.45, 7) is 8.17. The van der Waals surface area contributed by atoms with E-state index >= 15 is 0 Å². The Morgan fingerprint density at radius 1 is 1.07 bits per heavy atom. The number of halogens is 1. The zero-order valence-electron chi connectivity index (χ0n) is 16.9. The molecule has 0 spiro atoms. The fourth-order valence-corrected chi connectivity index (χ4v) is 3.75. The van der Waals surface area contributed by atoms with Crippen molar-refractivity contribution in [3.8, 4) is 0 Å². The minimum atomic E-state index is -0.361. The molecule has 0 fully saturated rings. The highest BCUT2D eigenvalue weighted by molar-refractivity contribution is 6.31. The van der Waals surface area contributed by atoms with Crippen LogP contribution < -0.4 is 11.0 Å². The van der Waals surface area contributed by atoms with Crippen LogP contribution in [0.2, 0.25) is 5.02 Å². The standard InChI is InChI=1S/C21H32ClN3O2/c1-5-7-8-9-11-17(10-6-2)23-20(26)25-19-14-16(22)12-13-18(19)24(15(3)4)21(25)27/h12-15,17H,5-11H2,1-4H3,(H,23,26). The topological polar surface area (TPSA) is 56.0 Å². The quantitative estimate of drug-likeness (QED) is 0.552. The summed E-state index contributed by atoms with van der Waals surface area (Å²) in [6.07, 6.45) is 7.52. The van der Waals surface area contributed by atoms with Gasteiger partial charge < -0.3 is 5.32 Å². The van der Waals surface area contributed by atoms with Gasteiger partial charge in [-0.3, -0.25) is 4.57 Å². The minimum absolute atomic E-state index is 0.0456. The number of unbranched alkanes of at least 4 members (excludes halogenated alkanes) is 3. The fraction of sp³-hybridized carbons (Fsp3) is 0.619. The van der Waals surface area contributed by atoms with Gasteiger partial charge in [0.15, 0.2) is 0 Å². The predicted octanol–water partition coefficient (Wildman–Crippen LogP) is 5.73. The summed E-state index contributed by atoms with van der Waals surface area (Å²) in [5.41, 5.74) is 0.963. The SMILES string of the molecule is CCCCCCC(CCC)NC(=O)n1c(=O)n(C(C)C)c2ccc(Cl)cc21. The van der Waals surface area contributed by atoms with E-state index in [2.05, 4.69) is 19.2 Å². The molecule has 1 atom stereocenters. The summed E-state index contributed by atoms with van der Waals surface area (Å²) >= 11 is 6.13. The highest BCUT2D eigenvalue weighted by Gasteiger charge is 2.22. The van der Waals surface area contributed by atoms with E-state index in [4.69, 9.17) is 11.6 Å². The Hall–Kier alpha value is -1.75. The van der Waals surface area contributed by atoms with Crippen molar-refractivity contribution in [3.63, 3.8) is 0 Å². The average Bonchev–Trinajstić information content (AvgIpc) is 2.90. The normalized spacial score (nSPS) is 12.7. The van der Waals surface area contributed by atoms with E-state index in [0.29, 0.717) is 10.5 Å². The highest BCUT2D eigenvalue weighted by atomic mass is 35.5. The van der Waals surface area contributed by atoms with Crippen LogP contribution >= 0.6 is 11.6 Å². The predicted molar refractivity (Wildman–Crippen MR) is 113 cm³/mol. The molecule has 6 heteroatoms. The van der Waals surface area contributed by atoms with Crippen LogP contribution in [0, 0.1) is 0 Å². The third-order valence-corrected chi connectivity index (χ3v) is 5.16. The lowest BCUT2D eigenvalue weighted by Gasteiger charge is -2.18. The maximum atomic E-state index is 13.0. The maximum Gasteiger partial charge on any atom is 0.337 e. The Kier molecular flexibility index (Phi) is 7.96. The summed E-state index contributed by atoms with van der Waals surface area (Å²) in [5, 5.41) is 3.59. The zero-order valence-corrected chi connectivity index (χ0v) is 17.7. The molecule has 1 N–H and O–H groups in total. The minimum Gasteiger partial charge on any atom is -0.335 e. The van der Waals surface area contributed by atoms with Crippen molar-refractivity contribution >= 4 is 28.7 Å². The number of imidazole rings is 1. The maximum absolute atomic E-state index is 13.0. The van der Waals surface area contributed by atoms with E-state index in [1.807, 2.05) is 13.8 Å². The molecule has 1 heterocycles. The molecule has 0 radical (unpaired) electrons. The average molecular weight is 394 g/mol. The molecule has 0 aliphatic heterocycles. The van der Waals surface area contributed by atoms with Crippen molar-refractivity contribution in [1.29, 1.82) is 0 Å². The van der Waals surface area contributed by atoms with Crippen LogP contribution in [0.1, 0.15) is 78.7 Å². The summed E-state index contributed by atoms with van der Waals surface area (Å²) in [5.74, 6) is 0. The van der Waals surface area contributed by atoms with Gasteiger partial charge in [-0.15, -0.1) is 0 Å². The Labute approximate surface area is 166 Å². The second-order valence-electron chi connectivity index (χ2n) is 7.50. The van der Waals surface area contributed by atoms with Crippen molar-refractivity contribution in [2.75, 3.05) is 0 Å². The molecule has 0 saturated heterocycles. The molecule has 2 rings (SSSR count). The fourth-order valence-electron chi connectivity index (χ4n) is 3.58. The van der Waals surface area contributed by atoms with Crippen molar-refractivity contribution in [2.45, 2.75) is 84.7 Å².